The predicted molar refractivity (Wildman–Crippen MR) is 107 cm³/mol. The summed E-state index contributed by atoms with van der Waals surface area (Å²) in [6, 6.07) is 9.40. The van der Waals surface area contributed by atoms with Crippen LogP contribution in [-0.2, 0) is 11.2 Å². The number of furan rings is 1. The smallest absolute Gasteiger partial charge is 0.257 e. The van der Waals surface area contributed by atoms with E-state index in [0.29, 0.717) is 50.3 Å². The lowest BCUT2D eigenvalue weighted by atomic mass is 10.1. The molecule has 6 nitrogen and oxygen atoms in total. The molecule has 1 aromatic heterocycles. The van der Waals surface area contributed by atoms with Crippen LogP contribution in [0, 0.1) is 13.8 Å². The molecule has 0 unspecified atom stereocenters. The number of aryl methyl sites for hydroxylation is 3. The molecule has 1 aliphatic heterocycles. The van der Waals surface area contributed by atoms with Gasteiger partial charge in [0.1, 0.15) is 11.5 Å². The van der Waals surface area contributed by atoms with Crippen LogP contribution in [0.5, 0.6) is 0 Å². The van der Waals surface area contributed by atoms with Gasteiger partial charge in [0.25, 0.3) is 5.91 Å². The maximum absolute atomic E-state index is 12.6. The molecule has 146 valence electrons. The number of para-hydroxylation sites is 1. The molecule has 0 saturated carbocycles. The Morgan fingerprint density at radius 1 is 1.07 bits per heavy atom. The van der Waals surface area contributed by atoms with Crippen LogP contribution in [0.1, 0.15) is 33.9 Å². The number of carbonyl (C=O) groups excluding carboxylic acids is 2. The van der Waals surface area contributed by atoms with Crippen molar-refractivity contribution in [1.82, 2.24) is 9.80 Å². The molecular formula is C20H26ClN3O3. The van der Waals surface area contributed by atoms with Gasteiger partial charge in [-0.25, -0.2) is 0 Å². The maximum Gasteiger partial charge on any atom is 0.257 e. The first-order chi connectivity index (χ1) is 12.5. The van der Waals surface area contributed by atoms with E-state index in [1.165, 1.54) is 0 Å². The molecule has 0 radical (unpaired) electrons. The Labute approximate surface area is 165 Å². The maximum atomic E-state index is 12.6. The molecule has 1 aliphatic rings. The Morgan fingerprint density at radius 2 is 1.70 bits per heavy atom. The molecular weight excluding hydrogens is 366 g/mol. The molecule has 7 heteroatoms. The van der Waals surface area contributed by atoms with Crippen LogP contribution >= 0.6 is 12.4 Å². The fraction of sp³-hybridized carbons (Fsp3) is 0.400. The average Bonchev–Trinajstić information content (AvgIpc) is 2.98. The van der Waals surface area contributed by atoms with Crippen molar-refractivity contribution >= 4 is 29.9 Å². The van der Waals surface area contributed by atoms with Gasteiger partial charge >= 0.3 is 0 Å². The van der Waals surface area contributed by atoms with Gasteiger partial charge in [-0.05, 0) is 38.0 Å². The van der Waals surface area contributed by atoms with Crippen molar-refractivity contribution < 1.29 is 14.0 Å². The highest BCUT2D eigenvalue weighted by Crippen LogP contribution is 2.18. The zero-order valence-electron chi connectivity index (χ0n) is 15.7. The molecule has 2 N–H and O–H groups in total. The number of nitrogens with zero attached hydrogens (tertiary/aromatic N) is 2. The summed E-state index contributed by atoms with van der Waals surface area (Å²) >= 11 is 0. The second-order valence-corrected chi connectivity index (χ2v) is 6.70. The first-order valence-electron chi connectivity index (χ1n) is 8.93. The fourth-order valence-corrected chi connectivity index (χ4v) is 3.33. The molecule has 1 fully saturated rings. The fourth-order valence-electron chi connectivity index (χ4n) is 3.33. The second-order valence-electron chi connectivity index (χ2n) is 6.70. The largest absolute Gasteiger partial charge is 0.466 e. The van der Waals surface area contributed by atoms with E-state index in [4.69, 9.17) is 10.2 Å². The van der Waals surface area contributed by atoms with E-state index < -0.39 is 0 Å². The van der Waals surface area contributed by atoms with E-state index in [0.717, 1.165) is 17.0 Å². The summed E-state index contributed by atoms with van der Waals surface area (Å²) in [6.07, 6.45) is 1.07. The molecule has 27 heavy (non-hydrogen) atoms. The standard InChI is InChI=1S/C20H25N3O3.ClH/c1-14-13-17(15(2)26-14)20(25)23-11-9-22(10-12-23)19(24)8-7-16-5-3-4-6-18(16)21;/h3-6,13H,7-12,21H2,1-2H3;1H. The van der Waals surface area contributed by atoms with Gasteiger partial charge in [-0.3, -0.25) is 9.59 Å². The molecule has 0 aliphatic carbocycles. The lowest BCUT2D eigenvalue weighted by Gasteiger charge is -2.34. The molecule has 3 rings (SSSR count). The van der Waals surface area contributed by atoms with Crippen molar-refractivity contribution in [3.63, 3.8) is 0 Å². The summed E-state index contributed by atoms with van der Waals surface area (Å²) < 4.78 is 5.45. The van der Waals surface area contributed by atoms with Gasteiger partial charge in [0.05, 0.1) is 5.56 Å². The van der Waals surface area contributed by atoms with E-state index in [1.807, 2.05) is 36.1 Å². The van der Waals surface area contributed by atoms with Crippen LogP contribution in [0.25, 0.3) is 0 Å². The minimum atomic E-state index is -0.0245. The van der Waals surface area contributed by atoms with E-state index in [2.05, 4.69) is 0 Å². The highest BCUT2D eigenvalue weighted by molar-refractivity contribution is 5.95. The summed E-state index contributed by atoms with van der Waals surface area (Å²) in [5.41, 5.74) is 8.27. The first kappa shape index (κ1) is 20.8. The van der Waals surface area contributed by atoms with Crippen LogP contribution in [0.15, 0.2) is 34.7 Å². The summed E-state index contributed by atoms with van der Waals surface area (Å²) in [4.78, 5) is 28.7. The van der Waals surface area contributed by atoms with Gasteiger partial charge in [0.2, 0.25) is 5.91 Å². The highest BCUT2D eigenvalue weighted by atomic mass is 35.5. The highest BCUT2D eigenvalue weighted by Gasteiger charge is 2.26. The van der Waals surface area contributed by atoms with Crippen molar-refractivity contribution in [1.29, 1.82) is 0 Å². The average molecular weight is 392 g/mol. The molecule has 1 saturated heterocycles. The summed E-state index contributed by atoms with van der Waals surface area (Å²) in [5.74, 6) is 1.46. The Bertz CT molecular complexity index is 811. The van der Waals surface area contributed by atoms with Crippen molar-refractivity contribution in [2.24, 2.45) is 0 Å². The summed E-state index contributed by atoms with van der Waals surface area (Å²) in [6.45, 7) is 5.84. The van der Waals surface area contributed by atoms with Crippen LogP contribution in [0.3, 0.4) is 0 Å². The van der Waals surface area contributed by atoms with Gasteiger partial charge in [0.15, 0.2) is 0 Å². The zero-order chi connectivity index (χ0) is 18.7. The van der Waals surface area contributed by atoms with Crippen LogP contribution < -0.4 is 5.73 Å². The van der Waals surface area contributed by atoms with Crippen molar-refractivity contribution in [3.05, 3.63) is 53.0 Å². The first-order valence-corrected chi connectivity index (χ1v) is 8.93. The monoisotopic (exact) mass is 391 g/mol. The minimum absolute atomic E-state index is 0. The number of hydrogen-bond donors (Lipinski definition) is 1. The molecule has 1 aromatic carbocycles. The predicted octanol–water partition coefficient (Wildman–Crippen LogP) is 2.82. The summed E-state index contributed by atoms with van der Waals surface area (Å²) in [5, 5.41) is 0. The van der Waals surface area contributed by atoms with Gasteiger partial charge in [-0.2, -0.15) is 0 Å². The number of nitrogen functional groups attached to an aromatic ring is 1. The lowest BCUT2D eigenvalue weighted by molar-refractivity contribution is -0.132. The van der Waals surface area contributed by atoms with E-state index in [9.17, 15) is 9.59 Å². The molecule has 2 amide bonds. The number of halogens is 1. The number of anilines is 1. The number of rotatable bonds is 4. The Balaban J connectivity index is 0.00000261. The quantitative estimate of drug-likeness (QED) is 0.812. The molecule has 0 spiro atoms. The van der Waals surface area contributed by atoms with Crippen molar-refractivity contribution in [3.8, 4) is 0 Å². The zero-order valence-corrected chi connectivity index (χ0v) is 16.6. The number of benzene rings is 1. The Hall–Kier alpha value is -2.47. The topological polar surface area (TPSA) is 79.8 Å². The molecule has 0 bridgehead atoms. The van der Waals surface area contributed by atoms with Gasteiger partial charge in [-0.15, -0.1) is 12.4 Å². The van der Waals surface area contributed by atoms with Crippen LogP contribution in [0.4, 0.5) is 5.69 Å². The number of hydrogen-bond acceptors (Lipinski definition) is 4. The molecule has 0 atom stereocenters. The normalized spacial score (nSPS) is 14.0. The van der Waals surface area contributed by atoms with Crippen molar-refractivity contribution in [2.45, 2.75) is 26.7 Å². The van der Waals surface area contributed by atoms with Crippen molar-refractivity contribution in [2.75, 3.05) is 31.9 Å². The third-order valence-electron chi connectivity index (χ3n) is 4.85. The van der Waals surface area contributed by atoms with Gasteiger partial charge in [-0.1, -0.05) is 18.2 Å². The SMILES string of the molecule is Cc1cc(C(=O)N2CCN(C(=O)CCc3ccccc3N)CC2)c(C)o1.Cl. The summed E-state index contributed by atoms with van der Waals surface area (Å²) in [7, 11) is 0. The minimum Gasteiger partial charge on any atom is -0.466 e. The van der Waals surface area contributed by atoms with Crippen LogP contribution in [-0.4, -0.2) is 47.8 Å². The Kier molecular flexibility index (Phi) is 6.91. The number of nitrogens with two attached hydrogens (primary N) is 1. The number of amides is 2. The van der Waals surface area contributed by atoms with E-state index >= 15 is 0 Å². The van der Waals surface area contributed by atoms with E-state index in [1.54, 1.807) is 17.9 Å². The number of carbonyl (C=O) groups is 2. The molecule has 2 aromatic rings. The van der Waals surface area contributed by atoms with Crippen LogP contribution in [0.2, 0.25) is 0 Å². The van der Waals surface area contributed by atoms with E-state index in [-0.39, 0.29) is 24.2 Å². The third-order valence-corrected chi connectivity index (χ3v) is 4.85. The lowest BCUT2D eigenvalue weighted by Crippen LogP contribution is -2.50. The third kappa shape index (κ3) is 4.83. The molecule has 2 heterocycles. The number of piperazine rings is 1. The Morgan fingerprint density at radius 3 is 2.30 bits per heavy atom. The van der Waals surface area contributed by atoms with Gasteiger partial charge in [0, 0.05) is 38.3 Å². The van der Waals surface area contributed by atoms with Gasteiger partial charge < -0.3 is 20.0 Å². The second kappa shape index (κ2) is 8.95.